The average Bonchev–Trinajstić information content (AvgIpc) is 2.62. The zero-order valence-corrected chi connectivity index (χ0v) is 13.6. The van der Waals surface area contributed by atoms with Gasteiger partial charge in [0.1, 0.15) is 0 Å². The molecule has 0 radical (unpaired) electrons. The number of nitrogens with zero attached hydrogens (tertiary/aromatic N) is 1. The fourth-order valence-electron chi connectivity index (χ4n) is 2.82. The Labute approximate surface area is 141 Å². The Kier molecular flexibility index (Phi) is 4.91. The molecule has 2 aromatic carbocycles. The molecule has 0 saturated carbocycles. The number of rotatable bonds is 4. The highest BCUT2D eigenvalue weighted by Gasteiger charge is 2.20. The van der Waals surface area contributed by atoms with Gasteiger partial charge in [0.2, 0.25) is 5.91 Å². The minimum atomic E-state index is -0.160. The standard InChI is InChI=1S/C19H20N2O3/c1-14(22)20-16-7-8-18(21-9-11-24-12-10-21)17(13-16)19(23)15-5-3-2-4-6-15/h2-8,13H,9-12H2,1H3,(H,20,22). The highest BCUT2D eigenvalue weighted by molar-refractivity contribution is 6.13. The largest absolute Gasteiger partial charge is 0.378 e. The Morgan fingerprint density at radius 3 is 2.42 bits per heavy atom. The number of hydrogen-bond acceptors (Lipinski definition) is 4. The zero-order chi connectivity index (χ0) is 16.9. The molecule has 5 heteroatoms. The molecule has 0 bridgehead atoms. The Balaban J connectivity index is 2.01. The van der Waals surface area contributed by atoms with Gasteiger partial charge in [-0.05, 0) is 18.2 Å². The van der Waals surface area contributed by atoms with Crippen molar-refractivity contribution in [1.82, 2.24) is 0 Å². The van der Waals surface area contributed by atoms with E-state index in [2.05, 4.69) is 10.2 Å². The zero-order valence-electron chi connectivity index (χ0n) is 13.6. The first-order valence-corrected chi connectivity index (χ1v) is 7.99. The third-order valence-electron chi connectivity index (χ3n) is 3.95. The van der Waals surface area contributed by atoms with Gasteiger partial charge in [0.25, 0.3) is 0 Å². The van der Waals surface area contributed by atoms with E-state index < -0.39 is 0 Å². The van der Waals surface area contributed by atoms with Crippen LogP contribution in [-0.4, -0.2) is 38.0 Å². The molecule has 1 heterocycles. The van der Waals surface area contributed by atoms with Crippen LogP contribution in [0.1, 0.15) is 22.8 Å². The number of ether oxygens (including phenoxy) is 1. The topological polar surface area (TPSA) is 58.6 Å². The molecule has 0 aromatic heterocycles. The quantitative estimate of drug-likeness (QED) is 0.879. The van der Waals surface area contributed by atoms with Gasteiger partial charge in [0, 0.05) is 42.5 Å². The second-order valence-corrected chi connectivity index (χ2v) is 5.71. The smallest absolute Gasteiger partial charge is 0.221 e. The number of benzene rings is 2. The molecule has 0 aliphatic carbocycles. The van der Waals surface area contributed by atoms with Gasteiger partial charge in [-0.2, -0.15) is 0 Å². The number of amides is 1. The summed E-state index contributed by atoms with van der Waals surface area (Å²) in [6, 6.07) is 14.7. The van der Waals surface area contributed by atoms with Crippen molar-refractivity contribution in [3.05, 3.63) is 59.7 Å². The molecule has 5 nitrogen and oxygen atoms in total. The van der Waals surface area contributed by atoms with Gasteiger partial charge in [0.15, 0.2) is 5.78 Å². The molecule has 1 aliphatic heterocycles. The molecule has 3 rings (SSSR count). The fraction of sp³-hybridized carbons (Fsp3) is 0.263. The number of carbonyl (C=O) groups is 2. The summed E-state index contributed by atoms with van der Waals surface area (Å²) < 4.78 is 5.40. The van der Waals surface area contributed by atoms with E-state index in [0.29, 0.717) is 30.0 Å². The van der Waals surface area contributed by atoms with Crippen LogP contribution in [-0.2, 0) is 9.53 Å². The first-order chi connectivity index (χ1) is 11.6. The van der Waals surface area contributed by atoms with Gasteiger partial charge in [-0.3, -0.25) is 9.59 Å². The number of anilines is 2. The van der Waals surface area contributed by atoms with E-state index in [4.69, 9.17) is 4.74 Å². The van der Waals surface area contributed by atoms with Crippen molar-refractivity contribution in [3.63, 3.8) is 0 Å². The van der Waals surface area contributed by atoms with Gasteiger partial charge in [-0.25, -0.2) is 0 Å². The molecule has 124 valence electrons. The molecule has 1 N–H and O–H groups in total. The maximum Gasteiger partial charge on any atom is 0.221 e. The van der Waals surface area contributed by atoms with Crippen LogP contribution in [0.25, 0.3) is 0 Å². The third kappa shape index (κ3) is 3.63. The van der Waals surface area contributed by atoms with E-state index in [-0.39, 0.29) is 11.7 Å². The predicted octanol–water partition coefficient (Wildman–Crippen LogP) is 2.71. The van der Waals surface area contributed by atoms with Gasteiger partial charge in [-0.15, -0.1) is 0 Å². The molecular formula is C19H20N2O3. The van der Waals surface area contributed by atoms with Gasteiger partial charge in [0.05, 0.1) is 13.2 Å². The van der Waals surface area contributed by atoms with E-state index in [1.165, 1.54) is 6.92 Å². The summed E-state index contributed by atoms with van der Waals surface area (Å²) in [5.41, 5.74) is 2.72. The average molecular weight is 324 g/mol. The first kappa shape index (κ1) is 16.2. The maximum absolute atomic E-state index is 13.0. The van der Waals surface area contributed by atoms with Crippen LogP contribution < -0.4 is 10.2 Å². The molecule has 0 unspecified atom stereocenters. The van der Waals surface area contributed by atoms with Crippen molar-refractivity contribution in [3.8, 4) is 0 Å². The molecular weight excluding hydrogens is 304 g/mol. The Morgan fingerprint density at radius 1 is 1.04 bits per heavy atom. The number of carbonyl (C=O) groups excluding carboxylic acids is 2. The number of ketones is 1. The lowest BCUT2D eigenvalue weighted by Crippen LogP contribution is -2.37. The maximum atomic E-state index is 13.0. The normalized spacial score (nSPS) is 14.3. The van der Waals surface area contributed by atoms with E-state index in [0.717, 1.165) is 18.8 Å². The lowest BCUT2D eigenvalue weighted by Gasteiger charge is -2.30. The van der Waals surface area contributed by atoms with Crippen LogP contribution in [0.4, 0.5) is 11.4 Å². The SMILES string of the molecule is CC(=O)Nc1ccc(N2CCOCC2)c(C(=O)c2ccccc2)c1. The lowest BCUT2D eigenvalue weighted by atomic mass is 10.00. The van der Waals surface area contributed by atoms with Gasteiger partial charge >= 0.3 is 0 Å². The second-order valence-electron chi connectivity index (χ2n) is 5.71. The molecule has 1 amide bonds. The molecule has 1 fully saturated rings. The Morgan fingerprint density at radius 2 is 1.75 bits per heavy atom. The summed E-state index contributed by atoms with van der Waals surface area (Å²) >= 11 is 0. The summed E-state index contributed by atoms with van der Waals surface area (Å²) in [7, 11) is 0. The van der Waals surface area contributed by atoms with E-state index >= 15 is 0 Å². The minimum Gasteiger partial charge on any atom is -0.378 e. The first-order valence-electron chi connectivity index (χ1n) is 7.99. The molecule has 2 aromatic rings. The van der Waals surface area contributed by atoms with Crippen molar-refractivity contribution in [1.29, 1.82) is 0 Å². The van der Waals surface area contributed by atoms with Crippen molar-refractivity contribution in [2.24, 2.45) is 0 Å². The highest BCUT2D eigenvalue weighted by atomic mass is 16.5. The van der Waals surface area contributed by atoms with Gasteiger partial charge < -0.3 is 15.0 Å². The Hall–Kier alpha value is -2.66. The van der Waals surface area contributed by atoms with Gasteiger partial charge in [-0.1, -0.05) is 30.3 Å². The van der Waals surface area contributed by atoms with Crippen LogP contribution in [0.5, 0.6) is 0 Å². The summed E-state index contributed by atoms with van der Waals surface area (Å²) in [6.07, 6.45) is 0. The highest BCUT2D eigenvalue weighted by Crippen LogP contribution is 2.27. The summed E-state index contributed by atoms with van der Waals surface area (Å²) in [5.74, 6) is -0.212. The van der Waals surface area contributed by atoms with Crippen LogP contribution >= 0.6 is 0 Å². The fourth-order valence-corrected chi connectivity index (χ4v) is 2.82. The van der Waals surface area contributed by atoms with Crippen molar-refractivity contribution in [2.45, 2.75) is 6.92 Å². The minimum absolute atomic E-state index is 0.0516. The van der Waals surface area contributed by atoms with E-state index in [1.807, 2.05) is 30.3 Å². The van der Waals surface area contributed by atoms with Crippen LogP contribution in [0, 0.1) is 0 Å². The molecule has 0 spiro atoms. The molecule has 1 saturated heterocycles. The number of nitrogens with one attached hydrogen (secondary N) is 1. The predicted molar refractivity (Wildman–Crippen MR) is 93.7 cm³/mol. The lowest BCUT2D eigenvalue weighted by molar-refractivity contribution is -0.114. The summed E-state index contributed by atoms with van der Waals surface area (Å²) in [6.45, 7) is 4.23. The molecule has 24 heavy (non-hydrogen) atoms. The third-order valence-corrected chi connectivity index (χ3v) is 3.95. The van der Waals surface area contributed by atoms with E-state index in [9.17, 15) is 9.59 Å². The van der Waals surface area contributed by atoms with Crippen LogP contribution in [0.15, 0.2) is 48.5 Å². The van der Waals surface area contributed by atoms with Crippen LogP contribution in [0.3, 0.4) is 0 Å². The van der Waals surface area contributed by atoms with Crippen molar-refractivity contribution >= 4 is 23.1 Å². The summed E-state index contributed by atoms with van der Waals surface area (Å²) in [5, 5.41) is 2.75. The van der Waals surface area contributed by atoms with Crippen LogP contribution in [0.2, 0.25) is 0 Å². The second kappa shape index (κ2) is 7.27. The van der Waals surface area contributed by atoms with Crippen molar-refractivity contribution < 1.29 is 14.3 Å². The van der Waals surface area contributed by atoms with Crippen molar-refractivity contribution in [2.75, 3.05) is 36.5 Å². The Bertz CT molecular complexity index is 738. The molecule has 1 aliphatic rings. The monoisotopic (exact) mass is 324 g/mol. The summed E-state index contributed by atoms with van der Waals surface area (Å²) in [4.78, 5) is 26.5. The molecule has 0 atom stereocenters. The number of hydrogen-bond donors (Lipinski definition) is 1. The van der Waals surface area contributed by atoms with E-state index in [1.54, 1.807) is 18.2 Å². The number of morpholine rings is 1.